The van der Waals surface area contributed by atoms with Gasteiger partial charge in [-0.05, 0) is 25.4 Å². The summed E-state index contributed by atoms with van der Waals surface area (Å²) in [6.45, 7) is 1.59. The third-order valence-electron chi connectivity index (χ3n) is 2.19. The van der Waals surface area contributed by atoms with Crippen molar-refractivity contribution in [2.24, 2.45) is 0 Å². The van der Waals surface area contributed by atoms with Crippen LogP contribution in [0.15, 0.2) is 0 Å². The van der Waals surface area contributed by atoms with Gasteiger partial charge in [-0.25, -0.2) is 0 Å². The summed E-state index contributed by atoms with van der Waals surface area (Å²) in [5, 5.41) is 0. The monoisotopic (exact) mass is 189 g/mol. The highest BCUT2D eigenvalue weighted by atomic mass is 28.2. The van der Waals surface area contributed by atoms with Crippen LogP contribution < -0.4 is 4.98 Å². The first kappa shape index (κ1) is 10.2. The predicted octanol–water partition coefficient (Wildman–Crippen LogP) is 0.251. The second kappa shape index (κ2) is 6.60. The van der Waals surface area contributed by atoms with E-state index in [1.165, 1.54) is 18.9 Å². The molecule has 0 aromatic rings. The van der Waals surface area contributed by atoms with Crippen LogP contribution in [0.25, 0.3) is 0 Å². The Morgan fingerprint density at radius 1 is 1.50 bits per heavy atom. The number of nitrogens with one attached hydrogen (secondary N) is 1. The molecule has 1 aliphatic heterocycles. The number of methoxy groups -OCH3 is 1. The lowest BCUT2D eigenvalue weighted by atomic mass is 10.1. The summed E-state index contributed by atoms with van der Waals surface area (Å²) >= 11 is 0. The van der Waals surface area contributed by atoms with Crippen LogP contribution in [0, 0.1) is 0 Å². The van der Waals surface area contributed by atoms with Gasteiger partial charge >= 0.3 is 0 Å². The van der Waals surface area contributed by atoms with Gasteiger partial charge in [-0.2, -0.15) is 0 Å². The molecule has 1 aliphatic rings. The molecule has 0 spiro atoms. The van der Waals surface area contributed by atoms with Gasteiger partial charge in [0.05, 0.1) is 15.8 Å². The van der Waals surface area contributed by atoms with Crippen LogP contribution in [-0.2, 0) is 9.47 Å². The van der Waals surface area contributed by atoms with Crippen LogP contribution in [0.3, 0.4) is 0 Å². The number of hydrogen-bond donors (Lipinski definition) is 1. The topological polar surface area (TPSA) is 30.5 Å². The largest absolute Gasteiger partial charge is 0.359 e. The van der Waals surface area contributed by atoms with Crippen molar-refractivity contribution in [1.29, 1.82) is 0 Å². The normalized spacial score (nSPS) is 28.2. The molecule has 1 N–H and O–H groups in total. The molecule has 0 aliphatic carbocycles. The summed E-state index contributed by atoms with van der Waals surface area (Å²) in [6, 6.07) is 1.41. The van der Waals surface area contributed by atoms with E-state index in [1.807, 2.05) is 0 Å². The van der Waals surface area contributed by atoms with E-state index < -0.39 is 0 Å². The molecule has 1 heterocycles. The highest BCUT2D eigenvalue weighted by Crippen LogP contribution is 2.10. The van der Waals surface area contributed by atoms with Crippen molar-refractivity contribution < 1.29 is 9.47 Å². The van der Waals surface area contributed by atoms with Crippen molar-refractivity contribution >= 4 is 9.68 Å². The van der Waals surface area contributed by atoms with Crippen molar-refractivity contribution in [3.8, 4) is 0 Å². The Balaban J connectivity index is 2.11. The van der Waals surface area contributed by atoms with Crippen LogP contribution in [0.1, 0.15) is 19.3 Å². The fourth-order valence-corrected chi connectivity index (χ4v) is 2.73. The number of hydrogen-bond acceptors (Lipinski definition) is 3. The molecule has 0 bridgehead atoms. The standard InChI is InChI=1S/C8H19NO2Si/c1-10-7-11-8-3-2-6-12-9-5-4-8/h8-9H,2-7,12H2,1H3. The molecule has 0 amide bonds. The molecule has 0 radical (unpaired) electrons. The second-order valence-electron chi connectivity index (χ2n) is 3.23. The fourth-order valence-electron chi connectivity index (χ4n) is 1.49. The molecule has 1 unspecified atom stereocenters. The third kappa shape index (κ3) is 4.20. The molecule has 1 saturated heterocycles. The smallest absolute Gasteiger partial charge is 0.146 e. The zero-order valence-electron chi connectivity index (χ0n) is 7.84. The minimum absolute atomic E-state index is 0.0729. The summed E-state index contributed by atoms with van der Waals surface area (Å²) in [5.41, 5.74) is 0. The molecule has 0 aromatic carbocycles. The SMILES string of the molecule is COCOC1CCC[SiH2]NCC1. The minimum Gasteiger partial charge on any atom is -0.359 e. The Hall–Kier alpha value is 0.0969. The summed E-state index contributed by atoms with van der Waals surface area (Å²) in [4.78, 5) is 3.51. The molecule has 72 valence electrons. The van der Waals surface area contributed by atoms with Crippen molar-refractivity contribution in [3.05, 3.63) is 0 Å². The van der Waals surface area contributed by atoms with Crippen LogP contribution in [-0.4, -0.2) is 36.2 Å². The second-order valence-corrected chi connectivity index (χ2v) is 4.94. The third-order valence-corrected chi connectivity index (χ3v) is 3.75. The molecule has 12 heavy (non-hydrogen) atoms. The maximum Gasteiger partial charge on any atom is 0.146 e. The van der Waals surface area contributed by atoms with Crippen LogP contribution >= 0.6 is 0 Å². The quantitative estimate of drug-likeness (QED) is 0.510. The van der Waals surface area contributed by atoms with E-state index in [0.717, 1.165) is 13.0 Å². The summed E-state index contributed by atoms with van der Waals surface area (Å²) in [6.07, 6.45) is 4.12. The average molecular weight is 189 g/mol. The fraction of sp³-hybridized carbons (Fsp3) is 1.00. The van der Waals surface area contributed by atoms with Crippen molar-refractivity contribution in [1.82, 2.24) is 4.98 Å². The summed E-state index contributed by atoms with van der Waals surface area (Å²) in [5.74, 6) is 0. The van der Waals surface area contributed by atoms with E-state index in [0.29, 0.717) is 12.9 Å². The molecule has 1 fully saturated rings. The number of rotatable bonds is 3. The summed E-state index contributed by atoms with van der Waals surface area (Å²) < 4.78 is 10.4. The van der Waals surface area contributed by atoms with Gasteiger partial charge in [0.1, 0.15) is 6.79 Å². The minimum atomic E-state index is 0.0729. The Kier molecular flexibility index (Phi) is 5.59. The lowest BCUT2D eigenvalue weighted by molar-refractivity contribution is -0.0762. The molecule has 1 atom stereocenters. The number of ether oxygens (including phenoxy) is 2. The zero-order valence-corrected chi connectivity index (χ0v) is 9.26. The van der Waals surface area contributed by atoms with Crippen molar-refractivity contribution in [3.63, 3.8) is 0 Å². The van der Waals surface area contributed by atoms with Crippen molar-refractivity contribution in [2.75, 3.05) is 20.4 Å². The van der Waals surface area contributed by atoms with Gasteiger partial charge in [0.15, 0.2) is 0 Å². The van der Waals surface area contributed by atoms with Gasteiger partial charge in [0.2, 0.25) is 0 Å². The van der Waals surface area contributed by atoms with Crippen LogP contribution in [0.4, 0.5) is 0 Å². The van der Waals surface area contributed by atoms with E-state index in [4.69, 9.17) is 9.47 Å². The van der Waals surface area contributed by atoms with E-state index >= 15 is 0 Å². The van der Waals surface area contributed by atoms with Crippen molar-refractivity contribution in [2.45, 2.75) is 31.4 Å². The zero-order chi connectivity index (χ0) is 8.65. The molecule has 0 saturated carbocycles. The highest BCUT2D eigenvalue weighted by molar-refractivity contribution is 6.32. The van der Waals surface area contributed by atoms with Crippen LogP contribution in [0.2, 0.25) is 6.04 Å². The molecule has 1 rings (SSSR count). The van der Waals surface area contributed by atoms with Gasteiger partial charge in [-0.1, -0.05) is 6.42 Å². The first-order valence-corrected chi connectivity index (χ1v) is 6.45. The van der Waals surface area contributed by atoms with Gasteiger partial charge in [0.25, 0.3) is 0 Å². The lowest BCUT2D eigenvalue weighted by Crippen LogP contribution is -2.28. The van der Waals surface area contributed by atoms with Crippen LogP contribution in [0.5, 0.6) is 0 Å². The Morgan fingerprint density at radius 3 is 3.25 bits per heavy atom. The molecular formula is C8H19NO2Si. The Labute approximate surface area is 76.7 Å². The predicted molar refractivity (Wildman–Crippen MR) is 52.0 cm³/mol. The van der Waals surface area contributed by atoms with E-state index in [2.05, 4.69) is 4.98 Å². The van der Waals surface area contributed by atoms with E-state index in [9.17, 15) is 0 Å². The molecular weight excluding hydrogens is 170 g/mol. The average Bonchev–Trinajstić information content (AvgIpc) is 2.02. The van der Waals surface area contributed by atoms with Gasteiger partial charge < -0.3 is 14.5 Å². The Bertz CT molecular complexity index is 102. The van der Waals surface area contributed by atoms with Gasteiger partial charge in [-0.15, -0.1) is 0 Å². The first-order chi connectivity index (χ1) is 5.93. The first-order valence-electron chi connectivity index (χ1n) is 4.74. The van der Waals surface area contributed by atoms with E-state index in [1.54, 1.807) is 7.11 Å². The molecule has 4 heteroatoms. The maximum absolute atomic E-state index is 5.52. The Morgan fingerprint density at radius 2 is 2.42 bits per heavy atom. The highest BCUT2D eigenvalue weighted by Gasteiger charge is 2.10. The molecule has 0 aromatic heterocycles. The van der Waals surface area contributed by atoms with Gasteiger partial charge in [-0.3, -0.25) is 0 Å². The van der Waals surface area contributed by atoms with E-state index in [-0.39, 0.29) is 9.68 Å². The maximum atomic E-state index is 5.52. The van der Waals surface area contributed by atoms with Gasteiger partial charge in [0, 0.05) is 7.11 Å². The summed E-state index contributed by atoms with van der Waals surface area (Å²) in [7, 11) is 1.75. The lowest BCUT2D eigenvalue weighted by Gasteiger charge is -2.19. The molecule has 3 nitrogen and oxygen atoms in total.